The van der Waals surface area contributed by atoms with Gasteiger partial charge in [0.25, 0.3) is 0 Å². The smallest absolute Gasteiger partial charge is 0.475 e. The molecule has 0 amide bonds. The summed E-state index contributed by atoms with van der Waals surface area (Å²) in [6, 6.07) is 13.8. The van der Waals surface area contributed by atoms with Crippen molar-refractivity contribution >= 4 is 32.5 Å². The fourth-order valence-electron chi connectivity index (χ4n) is 3.69. The highest BCUT2D eigenvalue weighted by atomic mass is 32.2. The minimum absolute atomic E-state index is 0.173. The summed E-state index contributed by atoms with van der Waals surface area (Å²) in [7, 11) is -3.35. The van der Waals surface area contributed by atoms with Gasteiger partial charge in [-0.3, -0.25) is 15.0 Å². The van der Waals surface area contributed by atoms with Crippen LogP contribution in [0.5, 0.6) is 0 Å². The third-order valence-electron chi connectivity index (χ3n) is 5.56. The number of aromatic nitrogens is 4. The van der Waals surface area contributed by atoms with Crippen LogP contribution in [0.25, 0.3) is 22.2 Å². The van der Waals surface area contributed by atoms with E-state index in [9.17, 15) is 21.6 Å². The second-order valence-electron chi connectivity index (χ2n) is 8.24. The Morgan fingerprint density at radius 3 is 2.41 bits per heavy atom. The van der Waals surface area contributed by atoms with E-state index < -0.39 is 22.0 Å². The molecule has 1 aromatic carbocycles. The van der Waals surface area contributed by atoms with Crippen LogP contribution >= 0.6 is 0 Å². The molecule has 0 spiro atoms. The lowest BCUT2D eigenvalue weighted by Gasteiger charge is -2.40. The first-order valence-electron chi connectivity index (χ1n) is 10.8. The van der Waals surface area contributed by atoms with Crippen LogP contribution in [0.1, 0.15) is 11.6 Å². The lowest BCUT2D eigenvalue weighted by molar-refractivity contribution is -0.192. The fraction of sp³-hybridized carbons (Fsp3) is 0.208. The van der Waals surface area contributed by atoms with Gasteiger partial charge in [0.15, 0.2) is 9.84 Å². The van der Waals surface area contributed by atoms with E-state index in [2.05, 4.69) is 32.0 Å². The number of rotatable bonds is 4. The third kappa shape index (κ3) is 6.00. The van der Waals surface area contributed by atoms with E-state index in [0.717, 1.165) is 35.5 Å². The van der Waals surface area contributed by atoms with Crippen LogP contribution < -0.4 is 4.90 Å². The van der Waals surface area contributed by atoms with Crippen molar-refractivity contribution < 1.29 is 31.5 Å². The predicted molar refractivity (Wildman–Crippen MR) is 129 cm³/mol. The second-order valence-corrected chi connectivity index (χ2v) is 10.3. The van der Waals surface area contributed by atoms with E-state index in [-0.39, 0.29) is 10.8 Å². The number of pyridine rings is 2. The monoisotopic (exact) mass is 531 g/mol. The number of carboxylic acid groups (broad SMARTS) is 1. The molecule has 1 saturated heterocycles. The van der Waals surface area contributed by atoms with E-state index in [1.807, 2.05) is 24.3 Å². The summed E-state index contributed by atoms with van der Waals surface area (Å²) in [4.78, 5) is 29.2. The number of hydrogen-bond donors (Lipinski definition) is 1. The topological polar surface area (TPSA) is 126 Å². The zero-order valence-electron chi connectivity index (χ0n) is 19.3. The molecule has 0 saturated carbocycles. The largest absolute Gasteiger partial charge is 0.490 e. The van der Waals surface area contributed by atoms with Crippen LogP contribution in [0, 0.1) is 0 Å². The van der Waals surface area contributed by atoms with Crippen molar-refractivity contribution in [3.8, 4) is 11.3 Å². The maximum Gasteiger partial charge on any atom is 0.490 e. The van der Waals surface area contributed by atoms with Crippen LogP contribution in [0.3, 0.4) is 0 Å². The van der Waals surface area contributed by atoms with E-state index >= 15 is 0 Å². The number of halogens is 3. The minimum Gasteiger partial charge on any atom is -0.475 e. The molecular weight excluding hydrogens is 511 g/mol. The van der Waals surface area contributed by atoms with Crippen molar-refractivity contribution in [2.45, 2.75) is 17.0 Å². The Bertz CT molecular complexity index is 1560. The Labute approximate surface area is 209 Å². The number of carboxylic acids is 1. The summed E-state index contributed by atoms with van der Waals surface area (Å²) in [6.07, 6.45) is 2.36. The molecule has 0 radical (unpaired) electrons. The average molecular weight is 532 g/mol. The molecule has 0 unspecified atom stereocenters. The zero-order valence-corrected chi connectivity index (χ0v) is 20.1. The van der Waals surface area contributed by atoms with Crippen molar-refractivity contribution in [2.24, 2.45) is 0 Å². The summed E-state index contributed by atoms with van der Waals surface area (Å²) in [5.74, 6) is -1.63. The van der Waals surface area contributed by atoms with E-state index in [1.165, 1.54) is 12.5 Å². The first-order chi connectivity index (χ1) is 17.4. The van der Waals surface area contributed by atoms with Crippen molar-refractivity contribution in [3.63, 3.8) is 0 Å². The third-order valence-corrected chi connectivity index (χ3v) is 6.64. The standard InChI is InChI=1S/C22H19N5O2S.C2HF3O2/c1-30(28,29)18-10-16(11-23-12-18)21-22(25-9-8-24-21)17-13-27(14-17)20-7-6-15-4-2-3-5-19(15)26-20;3-2(4,5)1(6)7/h2-12,17H,13-14H2,1H3;(H,6,7). The molecule has 0 atom stereocenters. The number of anilines is 1. The number of aliphatic carboxylic acids is 1. The molecule has 37 heavy (non-hydrogen) atoms. The molecule has 4 aromatic rings. The van der Waals surface area contributed by atoms with E-state index in [0.29, 0.717) is 11.3 Å². The number of nitrogens with zero attached hydrogens (tertiary/aromatic N) is 5. The molecule has 1 aliphatic heterocycles. The normalized spacial score (nSPS) is 14.0. The van der Waals surface area contributed by atoms with Gasteiger partial charge >= 0.3 is 12.1 Å². The fourth-order valence-corrected chi connectivity index (χ4v) is 4.28. The van der Waals surface area contributed by atoms with Crippen LogP contribution in [0.2, 0.25) is 0 Å². The summed E-state index contributed by atoms with van der Waals surface area (Å²) in [5.41, 5.74) is 3.15. The Morgan fingerprint density at radius 1 is 1.05 bits per heavy atom. The van der Waals surface area contributed by atoms with E-state index in [1.54, 1.807) is 24.7 Å². The number of alkyl halides is 3. The molecule has 0 aliphatic carbocycles. The quantitative estimate of drug-likeness (QED) is 0.419. The number of sulfone groups is 1. The highest BCUT2D eigenvalue weighted by Gasteiger charge is 2.38. The number of carbonyl (C=O) groups is 1. The van der Waals surface area contributed by atoms with Gasteiger partial charge in [0, 0.05) is 61.0 Å². The molecule has 0 bridgehead atoms. The van der Waals surface area contributed by atoms with Gasteiger partial charge in [-0.05, 0) is 24.3 Å². The van der Waals surface area contributed by atoms with Gasteiger partial charge in [-0.15, -0.1) is 0 Å². The Hall–Kier alpha value is -4.13. The van der Waals surface area contributed by atoms with Gasteiger partial charge in [0.2, 0.25) is 0 Å². The van der Waals surface area contributed by atoms with Gasteiger partial charge in [-0.2, -0.15) is 13.2 Å². The number of benzene rings is 1. The molecule has 5 rings (SSSR count). The molecule has 1 aliphatic rings. The maximum absolute atomic E-state index is 11.9. The van der Waals surface area contributed by atoms with Crippen molar-refractivity contribution in [1.82, 2.24) is 19.9 Å². The highest BCUT2D eigenvalue weighted by molar-refractivity contribution is 7.90. The van der Waals surface area contributed by atoms with Crippen molar-refractivity contribution in [3.05, 3.63) is 72.9 Å². The van der Waals surface area contributed by atoms with Gasteiger partial charge in [-0.25, -0.2) is 18.2 Å². The van der Waals surface area contributed by atoms with Crippen LogP contribution in [0.4, 0.5) is 19.0 Å². The van der Waals surface area contributed by atoms with Crippen LogP contribution in [-0.2, 0) is 14.6 Å². The second kappa shape index (κ2) is 10.1. The average Bonchev–Trinajstić information content (AvgIpc) is 2.83. The molecule has 4 heterocycles. The van der Waals surface area contributed by atoms with Gasteiger partial charge < -0.3 is 10.0 Å². The SMILES string of the molecule is CS(=O)(=O)c1cncc(-c2nccnc2C2CN(c3ccc4ccccc4n3)C2)c1.O=C(O)C(F)(F)F. The van der Waals surface area contributed by atoms with Gasteiger partial charge in [0.1, 0.15) is 5.82 Å². The maximum atomic E-state index is 11.9. The summed E-state index contributed by atoms with van der Waals surface area (Å²) < 4.78 is 55.5. The number of fused-ring (bicyclic) bond motifs is 1. The zero-order chi connectivity index (χ0) is 26.8. The first-order valence-corrected chi connectivity index (χ1v) is 12.7. The highest BCUT2D eigenvalue weighted by Crippen LogP contribution is 2.34. The molecule has 9 nitrogen and oxygen atoms in total. The molecule has 3 aromatic heterocycles. The molecular formula is C24H20F3N5O4S. The van der Waals surface area contributed by atoms with Crippen molar-refractivity contribution in [1.29, 1.82) is 0 Å². The Morgan fingerprint density at radius 2 is 1.73 bits per heavy atom. The lowest BCUT2D eigenvalue weighted by atomic mass is 9.92. The summed E-state index contributed by atoms with van der Waals surface area (Å²) >= 11 is 0. The van der Waals surface area contributed by atoms with Gasteiger partial charge in [0.05, 0.1) is 21.8 Å². The van der Waals surface area contributed by atoms with Crippen LogP contribution in [0.15, 0.2) is 72.1 Å². The molecule has 13 heteroatoms. The lowest BCUT2D eigenvalue weighted by Crippen LogP contribution is -2.46. The van der Waals surface area contributed by atoms with Gasteiger partial charge in [-0.1, -0.05) is 18.2 Å². The molecule has 1 fully saturated rings. The predicted octanol–water partition coefficient (Wildman–Crippen LogP) is 3.73. The Balaban J connectivity index is 0.000000405. The van der Waals surface area contributed by atoms with Crippen molar-refractivity contribution in [2.75, 3.05) is 24.2 Å². The first kappa shape index (κ1) is 25.9. The summed E-state index contributed by atoms with van der Waals surface area (Å²) in [6.45, 7) is 1.55. The van der Waals surface area contributed by atoms with E-state index in [4.69, 9.17) is 14.9 Å². The van der Waals surface area contributed by atoms with Crippen LogP contribution in [-0.4, -0.2) is 65.0 Å². The summed E-state index contributed by atoms with van der Waals surface area (Å²) in [5, 5.41) is 8.24. The number of para-hydroxylation sites is 1. The molecule has 1 N–H and O–H groups in total. The Kier molecular flexibility index (Phi) is 7.07. The minimum atomic E-state index is -5.08. The molecule has 192 valence electrons. The number of hydrogen-bond acceptors (Lipinski definition) is 8.